The van der Waals surface area contributed by atoms with Crippen molar-refractivity contribution >= 4 is 23.3 Å². The van der Waals surface area contributed by atoms with Crippen LogP contribution >= 0.6 is 11.6 Å². The summed E-state index contributed by atoms with van der Waals surface area (Å²) in [6.45, 7) is 0.862. The number of hydrogen-bond acceptors (Lipinski definition) is 3. The number of halogens is 1. The molecule has 0 radical (unpaired) electrons. The van der Waals surface area contributed by atoms with Gasteiger partial charge in [-0.05, 0) is 49.9 Å². The summed E-state index contributed by atoms with van der Waals surface area (Å²) in [5, 5.41) is 6.51. The van der Waals surface area contributed by atoms with Crippen LogP contribution in [-0.2, 0) is 6.54 Å². The van der Waals surface area contributed by atoms with E-state index in [1.54, 1.807) is 18.4 Å². The molecule has 1 aromatic carbocycles. The van der Waals surface area contributed by atoms with Gasteiger partial charge in [0.05, 0.1) is 23.5 Å². The van der Waals surface area contributed by atoms with E-state index in [-0.39, 0.29) is 12.1 Å². The number of hydrogen-bond donors (Lipinski definition) is 2. The molecular formula is C19H22ClN3O2. The highest BCUT2D eigenvalue weighted by atomic mass is 35.5. The van der Waals surface area contributed by atoms with Gasteiger partial charge in [0.15, 0.2) is 0 Å². The molecule has 0 saturated carbocycles. The predicted octanol–water partition coefficient (Wildman–Crippen LogP) is 4.25. The lowest BCUT2D eigenvalue weighted by atomic mass is 9.97. The Balaban J connectivity index is 1.33. The minimum atomic E-state index is -0.183. The fourth-order valence-corrected chi connectivity index (χ4v) is 4.32. The number of rotatable bonds is 4. The number of fused-ring (bicyclic) bond motifs is 2. The quantitative estimate of drug-likeness (QED) is 0.858. The highest BCUT2D eigenvalue weighted by Crippen LogP contribution is 2.37. The number of urea groups is 1. The molecule has 0 aliphatic carbocycles. The molecule has 2 atom stereocenters. The molecule has 1 aromatic heterocycles. The van der Waals surface area contributed by atoms with Gasteiger partial charge >= 0.3 is 6.03 Å². The standard InChI is InChI=1S/C19H22ClN3O2/c20-17-5-1-2-6-18(17)22-19(24)21-13-10-14-7-8-15(11-13)23(14)12-16-4-3-9-25-16/h1-6,9,13-15H,7-8,10-12H2,(H2,21,22,24). The predicted molar refractivity (Wildman–Crippen MR) is 97.7 cm³/mol. The molecule has 2 unspecified atom stereocenters. The van der Waals surface area contributed by atoms with Crippen LogP contribution < -0.4 is 10.6 Å². The highest BCUT2D eigenvalue weighted by Gasteiger charge is 2.41. The monoisotopic (exact) mass is 359 g/mol. The summed E-state index contributed by atoms with van der Waals surface area (Å²) < 4.78 is 5.50. The molecule has 0 spiro atoms. The molecule has 2 N–H and O–H groups in total. The van der Waals surface area contributed by atoms with Gasteiger partial charge in [0.2, 0.25) is 0 Å². The largest absolute Gasteiger partial charge is 0.468 e. The summed E-state index contributed by atoms with van der Waals surface area (Å²) in [7, 11) is 0. The van der Waals surface area contributed by atoms with Crippen LogP contribution in [0.4, 0.5) is 10.5 Å². The van der Waals surface area contributed by atoms with E-state index < -0.39 is 0 Å². The van der Waals surface area contributed by atoms with E-state index in [2.05, 4.69) is 15.5 Å². The Labute approximate surface area is 152 Å². The van der Waals surface area contributed by atoms with Crippen molar-refractivity contribution in [2.24, 2.45) is 0 Å². The van der Waals surface area contributed by atoms with Crippen LogP contribution in [0.3, 0.4) is 0 Å². The minimum absolute atomic E-state index is 0.183. The van der Waals surface area contributed by atoms with E-state index in [1.165, 1.54) is 12.8 Å². The Kier molecular flexibility index (Phi) is 4.68. The molecule has 25 heavy (non-hydrogen) atoms. The first-order chi connectivity index (χ1) is 12.2. The zero-order valence-corrected chi connectivity index (χ0v) is 14.7. The van der Waals surface area contributed by atoms with E-state index in [9.17, 15) is 4.79 Å². The van der Waals surface area contributed by atoms with Crippen LogP contribution in [0.5, 0.6) is 0 Å². The van der Waals surface area contributed by atoms with E-state index in [0.29, 0.717) is 22.8 Å². The Morgan fingerprint density at radius 3 is 2.60 bits per heavy atom. The van der Waals surface area contributed by atoms with Gasteiger partial charge in [-0.2, -0.15) is 0 Å². The number of benzene rings is 1. The summed E-state index contributed by atoms with van der Waals surface area (Å²) in [4.78, 5) is 14.8. The summed E-state index contributed by atoms with van der Waals surface area (Å²) in [6, 6.07) is 12.3. The van der Waals surface area contributed by atoms with Gasteiger partial charge in [-0.3, -0.25) is 4.90 Å². The average molecular weight is 360 g/mol. The maximum absolute atomic E-state index is 12.3. The number of amides is 2. The minimum Gasteiger partial charge on any atom is -0.468 e. The van der Waals surface area contributed by atoms with Gasteiger partial charge in [0, 0.05) is 18.1 Å². The van der Waals surface area contributed by atoms with E-state index in [0.717, 1.165) is 25.1 Å². The highest BCUT2D eigenvalue weighted by molar-refractivity contribution is 6.33. The first kappa shape index (κ1) is 16.5. The Morgan fingerprint density at radius 1 is 1.16 bits per heavy atom. The maximum atomic E-state index is 12.3. The number of furan rings is 1. The third-order valence-electron chi connectivity index (χ3n) is 5.26. The van der Waals surface area contributed by atoms with Crippen molar-refractivity contribution in [3.63, 3.8) is 0 Å². The lowest BCUT2D eigenvalue weighted by Gasteiger charge is -2.38. The smallest absolute Gasteiger partial charge is 0.319 e. The van der Waals surface area contributed by atoms with Crippen molar-refractivity contribution in [3.8, 4) is 0 Å². The molecule has 6 heteroatoms. The number of para-hydroxylation sites is 1. The Bertz CT molecular complexity index is 720. The molecule has 2 amide bonds. The zero-order chi connectivity index (χ0) is 17.2. The van der Waals surface area contributed by atoms with Gasteiger partial charge in [-0.25, -0.2) is 4.79 Å². The van der Waals surface area contributed by atoms with Crippen LogP contribution in [0.2, 0.25) is 5.02 Å². The molecule has 2 bridgehead atoms. The van der Waals surface area contributed by atoms with Crippen molar-refractivity contribution in [1.82, 2.24) is 10.2 Å². The van der Waals surface area contributed by atoms with Gasteiger partial charge in [0.1, 0.15) is 5.76 Å². The fourth-order valence-electron chi connectivity index (χ4n) is 4.14. The van der Waals surface area contributed by atoms with E-state index in [4.69, 9.17) is 16.0 Å². The van der Waals surface area contributed by atoms with Crippen molar-refractivity contribution in [2.75, 3.05) is 5.32 Å². The van der Waals surface area contributed by atoms with Crippen molar-refractivity contribution < 1.29 is 9.21 Å². The van der Waals surface area contributed by atoms with Gasteiger partial charge < -0.3 is 15.1 Å². The SMILES string of the molecule is O=C(Nc1ccccc1Cl)NC1CC2CCC(C1)N2Cc1ccco1. The van der Waals surface area contributed by atoms with E-state index >= 15 is 0 Å². The molecule has 2 fully saturated rings. The lowest BCUT2D eigenvalue weighted by Crippen LogP contribution is -2.50. The lowest BCUT2D eigenvalue weighted by molar-refractivity contribution is 0.104. The zero-order valence-electron chi connectivity index (χ0n) is 14.0. The summed E-state index contributed by atoms with van der Waals surface area (Å²) >= 11 is 6.10. The Morgan fingerprint density at radius 2 is 1.92 bits per heavy atom. The third kappa shape index (κ3) is 3.67. The number of anilines is 1. The number of nitrogens with one attached hydrogen (secondary N) is 2. The van der Waals surface area contributed by atoms with Crippen molar-refractivity contribution in [3.05, 3.63) is 53.4 Å². The molecule has 2 aromatic rings. The number of carbonyl (C=O) groups is 1. The Hall–Kier alpha value is -1.98. The second-order valence-corrected chi connectivity index (χ2v) is 7.29. The number of piperidine rings is 1. The maximum Gasteiger partial charge on any atom is 0.319 e. The molecule has 2 saturated heterocycles. The molecule has 2 aliphatic rings. The van der Waals surface area contributed by atoms with Gasteiger partial charge in [0.25, 0.3) is 0 Å². The first-order valence-electron chi connectivity index (χ1n) is 8.79. The normalized spacial score (nSPS) is 25.7. The molecular weight excluding hydrogens is 338 g/mol. The summed E-state index contributed by atoms with van der Waals surface area (Å²) in [6.07, 6.45) is 6.07. The average Bonchev–Trinajstić information content (AvgIpc) is 3.17. The summed E-state index contributed by atoms with van der Waals surface area (Å²) in [5.74, 6) is 1.01. The number of carbonyl (C=O) groups excluding carboxylic acids is 1. The van der Waals surface area contributed by atoms with Crippen LogP contribution in [0.1, 0.15) is 31.4 Å². The van der Waals surface area contributed by atoms with Crippen LogP contribution in [0, 0.1) is 0 Å². The molecule has 5 nitrogen and oxygen atoms in total. The molecule has 4 rings (SSSR count). The third-order valence-corrected chi connectivity index (χ3v) is 5.59. The second-order valence-electron chi connectivity index (χ2n) is 6.88. The van der Waals surface area contributed by atoms with Crippen molar-refractivity contribution in [2.45, 2.75) is 50.4 Å². The van der Waals surface area contributed by atoms with Crippen LogP contribution in [0.15, 0.2) is 47.1 Å². The number of nitrogens with zero attached hydrogens (tertiary/aromatic N) is 1. The van der Waals surface area contributed by atoms with E-state index in [1.807, 2.05) is 24.3 Å². The molecule has 2 aliphatic heterocycles. The molecule has 3 heterocycles. The topological polar surface area (TPSA) is 57.5 Å². The van der Waals surface area contributed by atoms with Gasteiger partial charge in [-0.15, -0.1) is 0 Å². The second kappa shape index (κ2) is 7.10. The summed E-state index contributed by atoms with van der Waals surface area (Å²) in [5.41, 5.74) is 0.639. The van der Waals surface area contributed by atoms with Crippen LogP contribution in [-0.4, -0.2) is 29.1 Å². The van der Waals surface area contributed by atoms with Gasteiger partial charge in [-0.1, -0.05) is 23.7 Å². The fraction of sp³-hybridized carbons (Fsp3) is 0.421. The van der Waals surface area contributed by atoms with Crippen molar-refractivity contribution in [1.29, 1.82) is 0 Å². The first-order valence-corrected chi connectivity index (χ1v) is 9.17. The molecule has 132 valence electrons. The van der Waals surface area contributed by atoms with Crippen LogP contribution in [0.25, 0.3) is 0 Å².